The van der Waals surface area contributed by atoms with Gasteiger partial charge < -0.3 is 9.64 Å². The first-order chi connectivity index (χ1) is 9.67. The zero-order chi connectivity index (χ0) is 14.8. The summed E-state index contributed by atoms with van der Waals surface area (Å²) in [5.41, 5.74) is 3.74. The van der Waals surface area contributed by atoms with Crippen LogP contribution in [-0.2, 0) is 11.3 Å². The number of halogens is 1. The number of rotatable bonds is 7. The fourth-order valence-electron chi connectivity index (χ4n) is 1.76. The quantitative estimate of drug-likeness (QED) is 0.266. The lowest BCUT2D eigenvalue weighted by molar-refractivity contribution is 0.146. The van der Waals surface area contributed by atoms with Crippen molar-refractivity contribution in [3.8, 4) is 0 Å². The minimum atomic E-state index is 0.654. The molecule has 1 rings (SSSR count). The first-order valence-corrected chi connectivity index (χ1v) is 7.09. The fourth-order valence-corrected chi connectivity index (χ4v) is 1.97. The Bertz CT molecular complexity index is 425. The molecule has 0 aliphatic heterocycles. The molecule has 0 fully saturated rings. The summed E-state index contributed by atoms with van der Waals surface area (Å²) >= 11 is 5.97. The van der Waals surface area contributed by atoms with E-state index in [0.717, 1.165) is 30.2 Å². The average Bonchev–Trinajstić information content (AvgIpc) is 2.42. The van der Waals surface area contributed by atoms with Gasteiger partial charge in [0, 0.05) is 38.4 Å². The van der Waals surface area contributed by atoms with Crippen LogP contribution in [0.25, 0.3) is 0 Å². The van der Waals surface area contributed by atoms with Crippen LogP contribution in [0.3, 0.4) is 0 Å². The Labute approximate surface area is 125 Å². The molecular formula is C14H23ClN4O. The summed E-state index contributed by atoms with van der Waals surface area (Å²) in [7, 11) is 1.93. The van der Waals surface area contributed by atoms with Crippen molar-refractivity contribution >= 4 is 17.6 Å². The van der Waals surface area contributed by atoms with Gasteiger partial charge in [-0.25, -0.2) is 5.84 Å². The van der Waals surface area contributed by atoms with Gasteiger partial charge in [0.05, 0.1) is 0 Å². The van der Waals surface area contributed by atoms with Gasteiger partial charge in [-0.3, -0.25) is 10.4 Å². The Morgan fingerprint density at radius 2 is 2.30 bits per heavy atom. The molecule has 0 heterocycles. The molecule has 6 heteroatoms. The van der Waals surface area contributed by atoms with E-state index in [1.807, 2.05) is 43.1 Å². The second-order valence-electron chi connectivity index (χ2n) is 4.39. The van der Waals surface area contributed by atoms with Crippen LogP contribution in [0.1, 0.15) is 18.9 Å². The summed E-state index contributed by atoms with van der Waals surface area (Å²) < 4.78 is 5.27. The van der Waals surface area contributed by atoms with Crippen LogP contribution in [0.4, 0.5) is 0 Å². The molecule has 0 aliphatic rings. The standard InChI is InChI=1S/C14H23ClN4O/c1-3-20-9-5-8-17-14(18-16)19(2)11-12-6-4-7-13(15)10-12/h4,6-7,10H,3,5,8-9,11,16H2,1-2H3,(H,17,18). The Kier molecular flexibility index (Phi) is 8.02. The van der Waals surface area contributed by atoms with Crippen molar-refractivity contribution < 1.29 is 4.74 Å². The largest absolute Gasteiger partial charge is 0.382 e. The Balaban J connectivity index is 2.49. The van der Waals surface area contributed by atoms with Crippen LogP contribution >= 0.6 is 11.6 Å². The normalized spacial score (nSPS) is 11.5. The van der Waals surface area contributed by atoms with E-state index in [0.29, 0.717) is 19.0 Å². The Hall–Kier alpha value is -1.30. The smallest absolute Gasteiger partial charge is 0.208 e. The maximum atomic E-state index is 5.97. The Morgan fingerprint density at radius 3 is 2.95 bits per heavy atom. The van der Waals surface area contributed by atoms with E-state index < -0.39 is 0 Å². The molecular weight excluding hydrogens is 276 g/mol. The van der Waals surface area contributed by atoms with Crippen LogP contribution in [-0.4, -0.2) is 37.7 Å². The van der Waals surface area contributed by atoms with Crippen molar-refractivity contribution in [1.82, 2.24) is 10.3 Å². The molecule has 0 saturated carbocycles. The molecule has 0 amide bonds. The van der Waals surface area contributed by atoms with Crippen LogP contribution < -0.4 is 11.3 Å². The predicted octanol–water partition coefficient (Wildman–Crippen LogP) is 2.02. The third-order valence-corrected chi connectivity index (χ3v) is 2.95. The molecule has 3 N–H and O–H groups in total. The van der Waals surface area contributed by atoms with Gasteiger partial charge in [0.1, 0.15) is 0 Å². The highest BCUT2D eigenvalue weighted by Crippen LogP contribution is 2.12. The van der Waals surface area contributed by atoms with E-state index in [9.17, 15) is 0 Å². The number of nitrogens with one attached hydrogen (secondary N) is 1. The van der Waals surface area contributed by atoms with E-state index in [1.54, 1.807) is 0 Å². The van der Waals surface area contributed by atoms with Crippen molar-refractivity contribution in [2.45, 2.75) is 19.9 Å². The minimum absolute atomic E-state index is 0.654. The van der Waals surface area contributed by atoms with E-state index in [4.69, 9.17) is 22.2 Å². The van der Waals surface area contributed by atoms with Crippen molar-refractivity contribution in [3.63, 3.8) is 0 Å². The lowest BCUT2D eigenvalue weighted by Gasteiger charge is -2.20. The highest BCUT2D eigenvalue weighted by Gasteiger charge is 2.05. The molecule has 0 aromatic heterocycles. The minimum Gasteiger partial charge on any atom is -0.382 e. The number of hydrogen-bond donors (Lipinski definition) is 2. The highest BCUT2D eigenvalue weighted by molar-refractivity contribution is 6.30. The number of ether oxygens (including phenoxy) is 1. The van der Waals surface area contributed by atoms with E-state index in [2.05, 4.69) is 10.4 Å². The van der Waals surface area contributed by atoms with Crippen LogP contribution in [0.2, 0.25) is 5.02 Å². The molecule has 0 aliphatic carbocycles. The van der Waals surface area contributed by atoms with Gasteiger partial charge in [-0.1, -0.05) is 23.7 Å². The second-order valence-corrected chi connectivity index (χ2v) is 4.82. The summed E-state index contributed by atoms with van der Waals surface area (Å²) in [5, 5.41) is 0.729. The van der Waals surface area contributed by atoms with E-state index in [-0.39, 0.29) is 0 Å². The van der Waals surface area contributed by atoms with Crippen LogP contribution in [0, 0.1) is 0 Å². The third kappa shape index (κ3) is 6.23. The van der Waals surface area contributed by atoms with Gasteiger partial charge in [0.25, 0.3) is 0 Å². The number of guanidine groups is 1. The monoisotopic (exact) mass is 298 g/mol. The number of aliphatic imine (C=N–C) groups is 1. The van der Waals surface area contributed by atoms with Crippen molar-refractivity contribution in [2.75, 3.05) is 26.8 Å². The van der Waals surface area contributed by atoms with Crippen molar-refractivity contribution in [1.29, 1.82) is 0 Å². The van der Waals surface area contributed by atoms with Gasteiger partial charge in [0.2, 0.25) is 5.96 Å². The molecule has 1 aromatic rings. The first kappa shape index (κ1) is 16.8. The number of benzene rings is 1. The van der Waals surface area contributed by atoms with Gasteiger partial charge in [-0.05, 0) is 31.0 Å². The molecule has 0 bridgehead atoms. The lowest BCUT2D eigenvalue weighted by atomic mass is 10.2. The zero-order valence-electron chi connectivity index (χ0n) is 12.1. The first-order valence-electron chi connectivity index (χ1n) is 6.71. The Morgan fingerprint density at radius 1 is 1.50 bits per heavy atom. The van der Waals surface area contributed by atoms with Crippen LogP contribution in [0.15, 0.2) is 29.3 Å². The topological polar surface area (TPSA) is 62.9 Å². The predicted molar refractivity (Wildman–Crippen MR) is 83.7 cm³/mol. The maximum Gasteiger partial charge on any atom is 0.208 e. The second kappa shape index (κ2) is 9.58. The molecule has 0 spiro atoms. The number of nitrogens with zero attached hydrogens (tertiary/aromatic N) is 2. The van der Waals surface area contributed by atoms with Gasteiger partial charge in [-0.15, -0.1) is 0 Å². The number of hydrazine groups is 1. The summed E-state index contributed by atoms with van der Waals surface area (Å²) in [6.07, 6.45) is 0.879. The van der Waals surface area contributed by atoms with Crippen LogP contribution in [0.5, 0.6) is 0 Å². The fraction of sp³-hybridized carbons (Fsp3) is 0.500. The molecule has 112 valence electrons. The third-order valence-electron chi connectivity index (χ3n) is 2.71. The molecule has 5 nitrogen and oxygen atoms in total. The van der Waals surface area contributed by atoms with Gasteiger partial charge >= 0.3 is 0 Å². The molecule has 1 aromatic carbocycles. The van der Waals surface area contributed by atoms with E-state index >= 15 is 0 Å². The van der Waals surface area contributed by atoms with Crippen molar-refractivity contribution in [2.24, 2.45) is 10.8 Å². The SMILES string of the molecule is CCOCCCN=C(NN)N(C)Cc1cccc(Cl)c1. The molecule has 0 radical (unpaired) electrons. The summed E-state index contributed by atoms with van der Waals surface area (Å²) in [4.78, 5) is 6.38. The number of hydrogen-bond acceptors (Lipinski definition) is 3. The molecule has 0 unspecified atom stereocenters. The lowest BCUT2D eigenvalue weighted by Crippen LogP contribution is -2.42. The highest BCUT2D eigenvalue weighted by atomic mass is 35.5. The van der Waals surface area contributed by atoms with E-state index in [1.165, 1.54) is 0 Å². The summed E-state index contributed by atoms with van der Waals surface area (Å²) in [6.45, 7) is 4.81. The molecule has 20 heavy (non-hydrogen) atoms. The maximum absolute atomic E-state index is 5.97. The van der Waals surface area contributed by atoms with Gasteiger partial charge in [-0.2, -0.15) is 0 Å². The average molecular weight is 299 g/mol. The molecule has 0 atom stereocenters. The molecule has 0 saturated heterocycles. The summed E-state index contributed by atoms with van der Waals surface area (Å²) in [6, 6.07) is 7.74. The number of nitrogens with two attached hydrogens (primary N) is 1. The van der Waals surface area contributed by atoms with Crippen molar-refractivity contribution in [3.05, 3.63) is 34.9 Å². The zero-order valence-corrected chi connectivity index (χ0v) is 12.9. The van der Waals surface area contributed by atoms with Gasteiger partial charge in [0.15, 0.2) is 0 Å². The summed E-state index contributed by atoms with van der Waals surface area (Å²) in [5.74, 6) is 6.17.